The molecule has 166 valence electrons. The molecule has 1 saturated heterocycles. The van der Waals surface area contributed by atoms with Crippen LogP contribution in [0.4, 0.5) is 0 Å². The Bertz CT molecular complexity index is 1110. The van der Waals surface area contributed by atoms with Crippen molar-refractivity contribution in [3.63, 3.8) is 0 Å². The smallest absolute Gasteiger partial charge is 0.179 e. The van der Waals surface area contributed by atoms with E-state index in [-0.39, 0.29) is 6.10 Å². The van der Waals surface area contributed by atoms with Crippen LogP contribution >= 0.6 is 0 Å². The van der Waals surface area contributed by atoms with Crippen molar-refractivity contribution >= 4 is 17.0 Å². The van der Waals surface area contributed by atoms with Gasteiger partial charge in [0.15, 0.2) is 11.5 Å². The van der Waals surface area contributed by atoms with Gasteiger partial charge < -0.3 is 24.3 Å². The highest BCUT2D eigenvalue weighted by Crippen LogP contribution is 2.29. The summed E-state index contributed by atoms with van der Waals surface area (Å²) in [4.78, 5) is 8.93. The minimum Gasteiger partial charge on any atom is -0.495 e. The summed E-state index contributed by atoms with van der Waals surface area (Å²) >= 11 is 0. The lowest BCUT2D eigenvalue weighted by Crippen LogP contribution is -2.39. The number of nitrogens with zero attached hydrogens (tertiary/aromatic N) is 2. The van der Waals surface area contributed by atoms with E-state index in [0.29, 0.717) is 32.4 Å². The monoisotopic (exact) mass is 433 g/mol. The van der Waals surface area contributed by atoms with Crippen LogP contribution in [-0.4, -0.2) is 49.0 Å². The molecule has 7 nitrogen and oxygen atoms in total. The number of hydrogen-bond donors (Lipinski definition) is 1. The largest absolute Gasteiger partial charge is 0.495 e. The normalized spacial score (nSPS) is 20.5. The molecule has 32 heavy (non-hydrogen) atoms. The standard InChI is InChI=1S/C25H27N3O4/c1-29-21-12-22-17(3-2-4-23(22)28-14-21)5-7-20-8-6-18(16-32-20)26-13-19-11-24-25(15-27-19)31-10-9-30-24/h2-5,7,11-12,14-15,18,20,26H,6,8-10,13,16H2,1H3/b7-5+/t18-,20-/m1/s1. The topological polar surface area (TPSA) is 74.7 Å². The van der Waals surface area contributed by atoms with Crippen molar-refractivity contribution in [3.05, 3.63) is 60.1 Å². The second-order valence-electron chi connectivity index (χ2n) is 7.99. The summed E-state index contributed by atoms with van der Waals surface area (Å²) in [7, 11) is 1.66. The van der Waals surface area contributed by atoms with Gasteiger partial charge in [-0.25, -0.2) is 0 Å². The van der Waals surface area contributed by atoms with Crippen LogP contribution in [0.25, 0.3) is 17.0 Å². The molecule has 2 atom stereocenters. The third-order valence-corrected chi connectivity index (χ3v) is 5.83. The quantitative estimate of drug-likeness (QED) is 0.634. The van der Waals surface area contributed by atoms with Crippen LogP contribution in [0.1, 0.15) is 24.1 Å². The first-order chi connectivity index (χ1) is 15.8. The Kier molecular flexibility index (Phi) is 6.18. The molecule has 0 radical (unpaired) electrons. The van der Waals surface area contributed by atoms with Crippen LogP contribution in [0.15, 0.2) is 48.8 Å². The average molecular weight is 434 g/mol. The first-order valence-corrected chi connectivity index (χ1v) is 11.0. The van der Waals surface area contributed by atoms with Gasteiger partial charge in [0, 0.05) is 24.0 Å². The lowest BCUT2D eigenvalue weighted by atomic mass is 10.0. The second kappa shape index (κ2) is 9.54. The second-order valence-corrected chi connectivity index (χ2v) is 7.99. The highest BCUT2D eigenvalue weighted by Gasteiger charge is 2.20. The van der Waals surface area contributed by atoms with Gasteiger partial charge in [0.2, 0.25) is 0 Å². The zero-order valence-corrected chi connectivity index (χ0v) is 18.1. The summed E-state index contributed by atoms with van der Waals surface area (Å²) in [5, 5.41) is 4.62. The third-order valence-electron chi connectivity index (χ3n) is 5.83. The van der Waals surface area contributed by atoms with E-state index in [1.807, 2.05) is 24.3 Å². The SMILES string of the molecule is COc1cnc2cccc(/C=C/[C@@H]3CC[C@@H](NCc4cc5c(cn4)OCCO5)CO3)c2c1. The zero-order valence-electron chi connectivity index (χ0n) is 18.1. The Balaban J connectivity index is 1.15. The van der Waals surface area contributed by atoms with Gasteiger partial charge in [-0.3, -0.25) is 9.97 Å². The van der Waals surface area contributed by atoms with Gasteiger partial charge in [-0.15, -0.1) is 0 Å². The van der Waals surface area contributed by atoms with Crippen molar-refractivity contribution in [1.29, 1.82) is 0 Å². The van der Waals surface area contributed by atoms with E-state index in [0.717, 1.165) is 52.3 Å². The lowest BCUT2D eigenvalue weighted by molar-refractivity contribution is 0.0250. The molecule has 1 aromatic carbocycles. The average Bonchev–Trinajstić information content (AvgIpc) is 2.86. The van der Waals surface area contributed by atoms with Gasteiger partial charge in [-0.05, 0) is 30.5 Å². The van der Waals surface area contributed by atoms with Crippen molar-refractivity contribution in [2.45, 2.75) is 31.5 Å². The third kappa shape index (κ3) is 4.69. The summed E-state index contributed by atoms with van der Waals surface area (Å²) in [5.41, 5.74) is 3.01. The number of methoxy groups -OCH3 is 1. The predicted molar refractivity (Wildman–Crippen MR) is 122 cm³/mol. The Labute approximate surface area is 187 Å². The number of fused-ring (bicyclic) bond motifs is 2. The maximum Gasteiger partial charge on any atom is 0.179 e. The number of rotatable bonds is 6. The van der Waals surface area contributed by atoms with Gasteiger partial charge in [0.1, 0.15) is 19.0 Å². The Morgan fingerprint density at radius 1 is 1.09 bits per heavy atom. The zero-order chi connectivity index (χ0) is 21.8. The van der Waals surface area contributed by atoms with Crippen molar-refractivity contribution in [2.75, 3.05) is 26.9 Å². The van der Waals surface area contributed by atoms with Crippen LogP contribution in [-0.2, 0) is 11.3 Å². The molecule has 0 spiro atoms. The minimum absolute atomic E-state index is 0.106. The van der Waals surface area contributed by atoms with Gasteiger partial charge >= 0.3 is 0 Å². The molecule has 0 aliphatic carbocycles. The predicted octanol–water partition coefficient (Wildman–Crippen LogP) is 3.76. The minimum atomic E-state index is 0.106. The first kappa shape index (κ1) is 20.7. The van der Waals surface area contributed by atoms with Gasteiger partial charge in [0.25, 0.3) is 0 Å². The summed E-state index contributed by atoms with van der Waals surface area (Å²) in [6.07, 6.45) is 9.87. The number of nitrogens with one attached hydrogen (secondary N) is 1. The van der Waals surface area contributed by atoms with E-state index >= 15 is 0 Å². The molecule has 1 fully saturated rings. The molecule has 5 rings (SSSR count). The van der Waals surface area contributed by atoms with E-state index in [9.17, 15) is 0 Å². The number of aromatic nitrogens is 2. The lowest BCUT2D eigenvalue weighted by Gasteiger charge is -2.28. The molecule has 7 heteroatoms. The van der Waals surface area contributed by atoms with Crippen molar-refractivity contribution in [2.24, 2.45) is 0 Å². The fourth-order valence-electron chi connectivity index (χ4n) is 4.04. The Morgan fingerprint density at radius 3 is 2.84 bits per heavy atom. The van der Waals surface area contributed by atoms with Crippen molar-refractivity contribution in [1.82, 2.24) is 15.3 Å². The fourth-order valence-corrected chi connectivity index (χ4v) is 4.04. The summed E-state index contributed by atoms with van der Waals surface area (Å²) in [6.45, 7) is 2.51. The van der Waals surface area contributed by atoms with E-state index < -0.39 is 0 Å². The highest BCUT2D eigenvalue weighted by molar-refractivity contribution is 5.88. The Hall–Kier alpha value is -3.16. The molecule has 2 aromatic heterocycles. The molecule has 0 unspecified atom stereocenters. The molecule has 1 N–H and O–H groups in total. The maximum absolute atomic E-state index is 6.09. The van der Waals surface area contributed by atoms with E-state index in [4.69, 9.17) is 18.9 Å². The first-order valence-electron chi connectivity index (χ1n) is 11.0. The van der Waals surface area contributed by atoms with Crippen molar-refractivity contribution < 1.29 is 18.9 Å². The molecule has 0 bridgehead atoms. The molecule has 2 aliphatic rings. The summed E-state index contributed by atoms with van der Waals surface area (Å²) < 4.78 is 22.6. The molecule has 2 aliphatic heterocycles. The molecular weight excluding hydrogens is 406 g/mol. The summed E-state index contributed by atoms with van der Waals surface area (Å²) in [5.74, 6) is 2.25. The molecule has 3 aromatic rings. The van der Waals surface area contributed by atoms with Crippen LogP contribution in [0.2, 0.25) is 0 Å². The number of benzene rings is 1. The van der Waals surface area contributed by atoms with Crippen LogP contribution < -0.4 is 19.5 Å². The van der Waals surface area contributed by atoms with Crippen LogP contribution in [0.3, 0.4) is 0 Å². The molecular formula is C25H27N3O4. The van der Waals surface area contributed by atoms with E-state index in [2.05, 4.69) is 33.5 Å². The van der Waals surface area contributed by atoms with E-state index in [1.165, 1.54) is 0 Å². The summed E-state index contributed by atoms with van der Waals surface area (Å²) in [6, 6.07) is 10.4. The fraction of sp³-hybridized carbons (Fsp3) is 0.360. The van der Waals surface area contributed by atoms with Gasteiger partial charge in [-0.2, -0.15) is 0 Å². The van der Waals surface area contributed by atoms with E-state index in [1.54, 1.807) is 19.5 Å². The molecule has 0 saturated carbocycles. The maximum atomic E-state index is 6.09. The molecule has 0 amide bonds. The molecule has 4 heterocycles. The van der Waals surface area contributed by atoms with Crippen LogP contribution in [0.5, 0.6) is 17.2 Å². The van der Waals surface area contributed by atoms with Gasteiger partial charge in [0.05, 0.1) is 43.4 Å². The number of ether oxygens (including phenoxy) is 4. The number of hydrogen-bond acceptors (Lipinski definition) is 7. The van der Waals surface area contributed by atoms with Crippen LogP contribution in [0, 0.1) is 0 Å². The highest BCUT2D eigenvalue weighted by atomic mass is 16.6. The Morgan fingerprint density at radius 2 is 2.00 bits per heavy atom. The number of pyridine rings is 2. The van der Waals surface area contributed by atoms with Gasteiger partial charge in [-0.1, -0.05) is 24.3 Å². The van der Waals surface area contributed by atoms with Crippen molar-refractivity contribution in [3.8, 4) is 17.2 Å².